The molecule has 0 spiro atoms. The topological polar surface area (TPSA) is 58.9 Å². The van der Waals surface area contributed by atoms with Crippen molar-refractivity contribution in [3.63, 3.8) is 0 Å². The number of fused-ring (bicyclic) bond motifs is 1. The zero-order valence-electron chi connectivity index (χ0n) is 10.4. The summed E-state index contributed by atoms with van der Waals surface area (Å²) in [5, 5.41) is 15.5. The van der Waals surface area contributed by atoms with Gasteiger partial charge in [0.1, 0.15) is 6.10 Å². The highest BCUT2D eigenvalue weighted by Gasteiger charge is 2.18. The van der Waals surface area contributed by atoms with Crippen LogP contribution in [-0.2, 0) is 6.42 Å². The van der Waals surface area contributed by atoms with E-state index in [0.717, 1.165) is 33.5 Å². The SMILES string of the molecule is CCc1nnsc1C(O)c1cnc2ccccc2c1. The van der Waals surface area contributed by atoms with Gasteiger partial charge in [0.15, 0.2) is 0 Å². The van der Waals surface area contributed by atoms with Crippen LogP contribution in [0.15, 0.2) is 36.5 Å². The first-order valence-electron chi connectivity index (χ1n) is 6.13. The molecule has 4 nitrogen and oxygen atoms in total. The fourth-order valence-corrected chi connectivity index (χ4v) is 2.81. The summed E-state index contributed by atoms with van der Waals surface area (Å²) in [5.74, 6) is 0. The van der Waals surface area contributed by atoms with Crippen LogP contribution in [0.1, 0.15) is 29.2 Å². The van der Waals surface area contributed by atoms with E-state index in [4.69, 9.17) is 0 Å². The van der Waals surface area contributed by atoms with Crippen molar-refractivity contribution in [3.8, 4) is 0 Å². The molecule has 1 N–H and O–H groups in total. The summed E-state index contributed by atoms with van der Waals surface area (Å²) in [6, 6.07) is 9.83. The maximum atomic E-state index is 10.4. The molecule has 1 atom stereocenters. The summed E-state index contributed by atoms with van der Waals surface area (Å²) < 4.78 is 3.91. The Morgan fingerprint density at radius 2 is 2.16 bits per heavy atom. The van der Waals surface area contributed by atoms with E-state index in [1.807, 2.05) is 37.3 Å². The van der Waals surface area contributed by atoms with E-state index in [-0.39, 0.29) is 0 Å². The van der Waals surface area contributed by atoms with Crippen molar-refractivity contribution in [2.45, 2.75) is 19.4 Å². The van der Waals surface area contributed by atoms with Crippen molar-refractivity contribution in [2.75, 3.05) is 0 Å². The van der Waals surface area contributed by atoms with Crippen molar-refractivity contribution < 1.29 is 5.11 Å². The molecule has 19 heavy (non-hydrogen) atoms. The highest BCUT2D eigenvalue weighted by atomic mass is 32.1. The predicted octanol–water partition coefficient (Wildman–Crippen LogP) is 2.73. The average Bonchev–Trinajstić information content (AvgIpc) is 2.94. The van der Waals surface area contributed by atoms with Crippen LogP contribution in [0.25, 0.3) is 10.9 Å². The van der Waals surface area contributed by atoms with Crippen LogP contribution in [0, 0.1) is 0 Å². The first kappa shape index (κ1) is 12.2. The van der Waals surface area contributed by atoms with Crippen molar-refractivity contribution >= 4 is 22.4 Å². The zero-order chi connectivity index (χ0) is 13.2. The summed E-state index contributed by atoms with van der Waals surface area (Å²) in [5.41, 5.74) is 2.56. The molecule has 1 aromatic carbocycles. The fourth-order valence-electron chi connectivity index (χ4n) is 2.06. The molecule has 0 bridgehead atoms. The number of benzene rings is 1. The van der Waals surface area contributed by atoms with Crippen LogP contribution < -0.4 is 0 Å². The molecule has 96 valence electrons. The third-order valence-electron chi connectivity index (χ3n) is 3.10. The highest BCUT2D eigenvalue weighted by Crippen LogP contribution is 2.28. The Labute approximate surface area is 114 Å². The normalized spacial score (nSPS) is 12.7. The van der Waals surface area contributed by atoms with Crippen LogP contribution >= 0.6 is 11.5 Å². The second-order valence-corrected chi connectivity index (χ2v) is 5.09. The second-order valence-electron chi connectivity index (χ2n) is 4.30. The van der Waals surface area contributed by atoms with Gasteiger partial charge in [-0.2, -0.15) is 0 Å². The average molecular weight is 271 g/mol. The molecule has 3 rings (SSSR count). The smallest absolute Gasteiger partial charge is 0.118 e. The lowest BCUT2D eigenvalue weighted by Crippen LogP contribution is -2.01. The summed E-state index contributed by atoms with van der Waals surface area (Å²) >= 11 is 1.24. The summed E-state index contributed by atoms with van der Waals surface area (Å²) in [6.45, 7) is 2.01. The van der Waals surface area contributed by atoms with Gasteiger partial charge in [-0.3, -0.25) is 4.98 Å². The number of aromatic nitrogens is 3. The van der Waals surface area contributed by atoms with Crippen LogP contribution in [-0.4, -0.2) is 19.7 Å². The van der Waals surface area contributed by atoms with Gasteiger partial charge < -0.3 is 5.11 Å². The monoisotopic (exact) mass is 271 g/mol. The third kappa shape index (κ3) is 2.22. The number of para-hydroxylation sites is 1. The molecule has 1 unspecified atom stereocenters. The minimum absolute atomic E-state index is 0.702. The number of hydrogen-bond donors (Lipinski definition) is 1. The standard InChI is InChI=1S/C14H13N3OS/c1-2-11-14(19-17-16-11)13(18)10-7-9-5-3-4-6-12(9)15-8-10/h3-8,13,18H,2H2,1H3. The van der Waals surface area contributed by atoms with Crippen molar-refractivity contribution in [1.29, 1.82) is 0 Å². The van der Waals surface area contributed by atoms with Gasteiger partial charge in [0.05, 0.1) is 16.1 Å². The number of aliphatic hydroxyl groups excluding tert-OH is 1. The largest absolute Gasteiger partial charge is 0.383 e. The van der Waals surface area contributed by atoms with E-state index in [9.17, 15) is 5.11 Å². The van der Waals surface area contributed by atoms with Crippen molar-refractivity contribution in [1.82, 2.24) is 14.6 Å². The Morgan fingerprint density at radius 3 is 3.00 bits per heavy atom. The molecule has 0 aliphatic heterocycles. The van der Waals surface area contributed by atoms with Gasteiger partial charge in [0.25, 0.3) is 0 Å². The maximum Gasteiger partial charge on any atom is 0.118 e. The molecule has 0 aliphatic carbocycles. The summed E-state index contributed by atoms with van der Waals surface area (Å²) in [7, 11) is 0. The van der Waals surface area contributed by atoms with Crippen LogP contribution in [0.2, 0.25) is 0 Å². The quantitative estimate of drug-likeness (QED) is 0.795. The Hall–Kier alpha value is -1.85. The molecule has 2 heterocycles. The number of hydrogen-bond acceptors (Lipinski definition) is 5. The van der Waals surface area contributed by atoms with Gasteiger partial charge in [-0.15, -0.1) is 5.10 Å². The van der Waals surface area contributed by atoms with Crippen molar-refractivity contribution in [3.05, 3.63) is 52.7 Å². The molecule has 0 aliphatic rings. The maximum absolute atomic E-state index is 10.4. The van der Waals surface area contributed by atoms with Gasteiger partial charge in [0, 0.05) is 17.1 Å². The highest BCUT2D eigenvalue weighted by molar-refractivity contribution is 7.05. The molecular weight excluding hydrogens is 258 g/mol. The number of aryl methyl sites for hydroxylation is 1. The van der Waals surface area contributed by atoms with Gasteiger partial charge >= 0.3 is 0 Å². The van der Waals surface area contributed by atoms with E-state index in [0.29, 0.717) is 0 Å². The lowest BCUT2D eigenvalue weighted by molar-refractivity contribution is 0.222. The van der Waals surface area contributed by atoms with E-state index in [2.05, 4.69) is 14.6 Å². The van der Waals surface area contributed by atoms with E-state index in [1.54, 1.807) is 6.20 Å². The van der Waals surface area contributed by atoms with Crippen LogP contribution in [0.3, 0.4) is 0 Å². The zero-order valence-corrected chi connectivity index (χ0v) is 11.3. The van der Waals surface area contributed by atoms with E-state index < -0.39 is 6.10 Å². The van der Waals surface area contributed by atoms with Gasteiger partial charge in [-0.05, 0) is 30.1 Å². The van der Waals surface area contributed by atoms with E-state index in [1.165, 1.54) is 11.5 Å². The number of pyridine rings is 1. The molecule has 0 saturated heterocycles. The number of rotatable bonds is 3. The molecule has 0 amide bonds. The number of nitrogens with zero attached hydrogens (tertiary/aromatic N) is 3. The molecule has 0 fully saturated rings. The Balaban J connectivity index is 2.04. The van der Waals surface area contributed by atoms with Crippen LogP contribution in [0.5, 0.6) is 0 Å². The Kier molecular flexibility index (Phi) is 3.23. The van der Waals surface area contributed by atoms with Gasteiger partial charge in [-0.1, -0.05) is 29.6 Å². The first-order valence-corrected chi connectivity index (χ1v) is 6.91. The summed E-state index contributed by atoms with van der Waals surface area (Å²) in [4.78, 5) is 5.18. The van der Waals surface area contributed by atoms with Crippen LogP contribution in [0.4, 0.5) is 0 Å². The molecule has 0 radical (unpaired) electrons. The lowest BCUT2D eigenvalue weighted by Gasteiger charge is -2.10. The summed E-state index contributed by atoms with van der Waals surface area (Å²) in [6.07, 6.45) is 1.78. The second kappa shape index (κ2) is 5.03. The fraction of sp³-hybridized carbons (Fsp3) is 0.214. The first-order chi connectivity index (χ1) is 9.29. The molecule has 2 aromatic heterocycles. The molecular formula is C14H13N3OS. The molecule has 0 saturated carbocycles. The Bertz CT molecular complexity index is 710. The minimum Gasteiger partial charge on any atom is -0.383 e. The molecule has 3 aromatic rings. The third-order valence-corrected chi connectivity index (χ3v) is 3.91. The van der Waals surface area contributed by atoms with E-state index >= 15 is 0 Å². The molecule has 5 heteroatoms. The van der Waals surface area contributed by atoms with Gasteiger partial charge in [-0.25, -0.2) is 0 Å². The lowest BCUT2D eigenvalue weighted by atomic mass is 10.1. The van der Waals surface area contributed by atoms with Crippen molar-refractivity contribution in [2.24, 2.45) is 0 Å². The predicted molar refractivity (Wildman–Crippen MR) is 75.1 cm³/mol. The number of aliphatic hydroxyl groups is 1. The Morgan fingerprint density at radius 1 is 1.32 bits per heavy atom. The minimum atomic E-state index is -0.702. The van der Waals surface area contributed by atoms with Gasteiger partial charge in [0.2, 0.25) is 0 Å².